The van der Waals surface area contributed by atoms with Crippen molar-refractivity contribution in [2.24, 2.45) is 5.73 Å². The summed E-state index contributed by atoms with van der Waals surface area (Å²) in [6, 6.07) is 0. The van der Waals surface area contributed by atoms with Gasteiger partial charge in [-0.15, -0.1) is 0 Å². The van der Waals surface area contributed by atoms with Gasteiger partial charge in [-0.3, -0.25) is 0 Å². The Balaban J connectivity index is 3.16. The summed E-state index contributed by atoms with van der Waals surface area (Å²) in [6.45, 7) is 2.17. The van der Waals surface area contributed by atoms with Gasteiger partial charge >= 0.3 is 0 Å². The first-order valence-corrected chi connectivity index (χ1v) is 11.9. The summed E-state index contributed by atoms with van der Waals surface area (Å²) in [5.41, 5.74) is 5.66. The summed E-state index contributed by atoms with van der Waals surface area (Å²) in [4.78, 5) is 2.32. The Labute approximate surface area is 60.7 Å². The van der Waals surface area contributed by atoms with Crippen molar-refractivity contribution in [2.75, 3.05) is 4.93 Å². The minimum absolute atomic E-state index is 0.453. The molecular weight excluding hydrogens is 316 g/mol. The van der Waals surface area contributed by atoms with Crippen molar-refractivity contribution in [3.63, 3.8) is 0 Å². The maximum Gasteiger partial charge on any atom is 0.0565 e. The Morgan fingerprint density at radius 3 is 2.43 bits per heavy atom. The third-order valence-corrected chi connectivity index (χ3v) is 9.75. The van der Waals surface area contributed by atoms with Crippen LogP contribution >= 0.6 is 33.2 Å². The monoisotopic (exact) mass is 327 g/mol. The van der Waals surface area contributed by atoms with E-state index in [1.165, 1.54) is 6.42 Å². The summed E-state index contributed by atoms with van der Waals surface area (Å²) in [5, 5.41) is 0. The molecule has 0 spiro atoms. The van der Waals surface area contributed by atoms with E-state index >= 15 is 0 Å². The molecule has 0 bridgehead atoms. The van der Waals surface area contributed by atoms with Gasteiger partial charge in [0, 0.05) is 0 Å². The first kappa shape index (κ1) is 8.42. The van der Waals surface area contributed by atoms with E-state index in [1.807, 2.05) is 0 Å². The summed E-state index contributed by atoms with van der Waals surface area (Å²) in [6.07, 6.45) is 1.20. The van der Waals surface area contributed by atoms with Gasteiger partial charge in [-0.05, 0) is 11.4 Å². The van der Waals surface area contributed by atoms with E-state index < -0.39 is 0 Å². The quantitative estimate of drug-likeness (QED) is 0.470. The van der Waals surface area contributed by atoms with Crippen LogP contribution in [0.2, 0.25) is 0 Å². The molecule has 1 nitrogen and oxygen atoms in total. The van der Waals surface area contributed by atoms with Crippen molar-refractivity contribution in [1.29, 1.82) is 0 Å². The summed E-state index contributed by atoms with van der Waals surface area (Å²) in [7, 11) is 0. The van der Waals surface area contributed by atoms with E-state index in [9.17, 15) is 0 Å². The molecule has 2 N–H and O–H groups in total. The Hall–Kier alpha value is 1.42. The van der Waals surface area contributed by atoms with Crippen LogP contribution in [-0.4, -0.2) is 8.98 Å². The van der Waals surface area contributed by atoms with Crippen molar-refractivity contribution in [3.05, 3.63) is 0 Å². The van der Waals surface area contributed by atoms with Gasteiger partial charge in [0.15, 0.2) is 0 Å². The van der Waals surface area contributed by atoms with Crippen LogP contribution in [0.3, 0.4) is 0 Å². The molecule has 0 aliphatic heterocycles. The van der Waals surface area contributed by atoms with E-state index in [4.69, 9.17) is 5.73 Å². The van der Waals surface area contributed by atoms with Crippen molar-refractivity contribution < 1.29 is 0 Å². The van der Waals surface area contributed by atoms with E-state index in [2.05, 4.69) is 11.9 Å². The molecule has 46 valence electrons. The highest BCUT2D eigenvalue weighted by Crippen LogP contribution is 2.17. The Bertz CT molecular complexity index is 62.7. The molecule has 0 aromatic heterocycles. The molecule has 0 aliphatic carbocycles. The lowest BCUT2D eigenvalue weighted by atomic mass is 10.5. The fraction of sp³-hybridized carbons (Fsp3) is 1.00. The van der Waals surface area contributed by atoms with Crippen LogP contribution in [0, 0.1) is 0 Å². The van der Waals surface area contributed by atoms with Crippen molar-refractivity contribution in [1.82, 2.24) is 0 Å². The first-order valence-electron chi connectivity index (χ1n) is 2.19. The summed E-state index contributed by atoms with van der Waals surface area (Å²) < 4.78 is 0.608. The topological polar surface area (TPSA) is 26.0 Å². The lowest BCUT2D eigenvalue weighted by Crippen LogP contribution is -2.08. The number of halogens is 2. The van der Waals surface area contributed by atoms with Gasteiger partial charge in [-0.25, -0.2) is 0 Å². The molecule has 0 saturated heterocycles. The van der Waals surface area contributed by atoms with Gasteiger partial charge in [-0.1, -0.05) is 40.1 Å². The average molecular weight is 327 g/mol. The number of hydrogen-bond donors (Lipinski definition) is 1. The zero-order chi connectivity index (χ0) is 5.70. The third kappa shape index (κ3) is 5.29. The van der Waals surface area contributed by atoms with Gasteiger partial charge in [0.1, 0.15) is 0 Å². The largest absolute Gasteiger partial charge is 0.320 e. The second-order valence-electron chi connectivity index (χ2n) is 1.15. The van der Waals surface area contributed by atoms with E-state index in [-0.39, 0.29) is 0 Å². The molecule has 0 amide bonds. The molecule has 0 heterocycles. The number of hydrogen-bond acceptors (Lipinski definition) is 1. The SMILES string of the molecule is CC[C@@H](N)I=IC. The lowest BCUT2D eigenvalue weighted by Gasteiger charge is -1.94. The van der Waals surface area contributed by atoms with E-state index in [0.29, 0.717) is 37.2 Å². The fourth-order valence-electron chi connectivity index (χ4n) is 0.164. The standard InChI is InChI=1S/C4H11I2N/c1-3-4(7)6-5-2/h4H,3,7H2,1-2H3/t4-/m1/s1. The zero-order valence-electron chi connectivity index (χ0n) is 4.62. The molecule has 0 rings (SSSR count). The van der Waals surface area contributed by atoms with Crippen molar-refractivity contribution in [3.8, 4) is 0 Å². The first-order chi connectivity index (χ1) is 3.31. The zero-order valence-corrected chi connectivity index (χ0v) is 8.93. The molecule has 0 unspecified atom stereocenters. The Kier molecular flexibility index (Phi) is 6.68. The predicted molar refractivity (Wildman–Crippen MR) is 52.2 cm³/mol. The molecule has 0 aliphatic rings. The van der Waals surface area contributed by atoms with Crippen molar-refractivity contribution in [2.45, 2.75) is 17.4 Å². The van der Waals surface area contributed by atoms with Crippen LogP contribution in [0.15, 0.2) is 0 Å². The van der Waals surface area contributed by atoms with Crippen LogP contribution in [0.4, 0.5) is 0 Å². The molecule has 7 heavy (non-hydrogen) atoms. The molecule has 0 aromatic rings. The fourth-order valence-corrected chi connectivity index (χ4v) is 7.39. The van der Waals surface area contributed by atoms with Crippen molar-refractivity contribution >= 4 is 33.2 Å². The molecule has 0 fully saturated rings. The highest BCUT2D eigenvalue weighted by atomic mass is 128. The van der Waals surface area contributed by atoms with Crippen LogP contribution < -0.4 is 5.73 Å². The molecule has 0 saturated carbocycles. The highest BCUT2D eigenvalue weighted by molar-refractivity contribution is 14.8. The van der Waals surface area contributed by atoms with Gasteiger partial charge in [-0.2, -0.15) is 0 Å². The number of nitrogens with two attached hydrogens (primary N) is 1. The summed E-state index contributed by atoms with van der Waals surface area (Å²) in [5.74, 6) is 0. The second kappa shape index (κ2) is 5.55. The smallest absolute Gasteiger partial charge is 0.0565 e. The van der Waals surface area contributed by atoms with Crippen LogP contribution in [0.1, 0.15) is 13.3 Å². The van der Waals surface area contributed by atoms with E-state index in [1.54, 1.807) is 0 Å². The Morgan fingerprint density at radius 1 is 1.71 bits per heavy atom. The lowest BCUT2D eigenvalue weighted by molar-refractivity contribution is 0.900. The maximum absolute atomic E-state index is 5.66. The summed E-state index contributed by atoms with van der Waals surface area (Å²) >= 11 is 0.999. The normalized spacial score (nSPS) is 17.6. The number of alkyl halides is 2. The van der Waals surface area contributed by atoms with Gasteiger partial charge in [0.2, 0.25) is 0 Å². The van der Waals surface area contributed by atoms with Crippen LogP contribution in [0.25, 0.3) is 0 Å². The molecule has 1 atom stereocenters. The van der Waals surface area contributed by atoms with E-state index in [0.717, 1.165) is 0 Å². The van der Waals surface area contributed by atoms with Gasteiger partial charge < -0.3 is 5.73 Å². The van der Waals surface area contributed by atoms with Crippen LogP contribution in [0.5, 0.6) is 0 Å². The highest BCUT2D eigenvalue weighted by Gasteiger charge is 1.87. The Morgan fingerprint density at radius 2 is 2.29 bits per heavy atom. The minimum Gasteiger partial charge on any atom is -0.320 e. The molecule has 0 radical (unpaired) electrons. The second-order valence-corrected chi connectivity index (χ2v) is 12.7. The molecule has 3 heteroatoms. The third-order valence-electron chi connectivity index (χ3n) is 0.578. The van der Waals surface area contributed by atoms with Crippen LogP contribution in [-0.2, 0) is 0 Å². The number of rotatable bonds is 2. The molecule has 0 aromatic carbocycles. The average Bonchev–Trinajstić information content (AvgIpc) is 1.68. The van der Waals surface area contributed by atoms with Gasteiger partial charge in [0.05, 0.1) is 4.05 Å². The predicted octanol–water partition coefficient (Wildman–Crippen LogP) is 2.17. The van der Waals surface area contributed by atoms with Gasteiger partial charge in [0.25, 0.3) is 0 Å². The molecular formula is C4H11I2N. The minimum atomic E-state index is 0.453. The maximum atomic E-state index is 5.66.